The fourth-order valence-electron chi connectivity index (χ4n) is 3.14. The summed E-state index contributed by atoms with van der Waals surface area (Å²) < 4.78 is 17.2. The van der Waals surface area contributed by atoms with Crippen LogP contribution in [-0.2, 0) is 4.74 Å². The van der Waals surface area contributed by atoms with E-state index in [-0.39, 0.29) is 34.3 Å². The van der Waals surface area contributed by atoms with Crippen molar-refractivity contribution < 1.29 is 19.0 Å². The second-order valence-electron chi connectivity index (χ2n) is 6.21. The van der Waals surface area contributed by atoms with Gasteiger partial charge in [0.15, 0.2) is 11.5 Å². The van der Waals surface area contributed by atoms with Gasteiger partial charge in [0.25, 0.3) is 5.91 Å². The normalized spacial score (nSPS) is 22.7. The average Bonchev–Trinajstić information content (AvgIpc) is 3.28. The van der Waals surface area contributed by atoms with Crippen molar-refractivity contribution in [1.82, 2.24) is 4.98 Å². The maximum atomic E-state index is 12.7. The summed E-state index contributed by atoms with van der Waals surface area (Å²) in [6, 6.07) is 4.96. The Bertz CT molecular complexity index is 898. The predicted octanol–water partition coefficient (Wildman–Crippen LogP) is 4.12. The van der Waals surface area contributed by atoms with E-state index in [4.69, 9.17) is 37.4 Å². The molecule has 140 valence electrons. The van der Waals surface area contributed by atoms with Crippen LogP contribution >= 0.6 is 23.2 Å². The molecule has 27 heavy (non-hydrogen) atoms. The van der Waals surface area contributed by atoms with Crippen molar-refractivity contribution >= 4 is 34.8 Å². The van der Waals surface area contributed by atoms with Gasteiger partial charge in [0.05, 0.1) is 28.9 Å². The van der Waals surface area contributed by atoms with Gasteiger partial charge in [0.1, 0.15) is 12.2 Å². The Kier molecular flexibility index (Phi) is 4.95. The molecule has 3 heterocycles. The quantitative estimate of drug-likeness (QED) is 0.756. The summed E-state index contributed by atoms with van der Waals surface area (Å²) in [5, 5.41) is 3.22. The number of carbonyl (C=O) groups is 1. The minimum absolute atomic E-state index is 0.0772. The van der Waals surface area contributed by atoms with E-state index in [1.54, 1.807) is 25.3 Å². The van der Waals surface area contributed by atoms with Crippen LogP contribution in [0, 0.1) is 0 Å². The van der Waals surface area contributed by atoms with Crippen LogP contribution in [0.25, 0.3) is 0 Å². The number of aromatic nitrogens is 1. The van der Waals surface area contributed by atoms with E-state index in [1.165, 1.54) is 12.4 Å². The Labute approximate surface area is 166 Å². The standard InChI is InChI=1S/C19H16Cl2N2O4/c1-25-14-4-2-10(19(24)23-18-12(20)8-22-9-13(18)21)6-16(14)27-17-7-11-3-5-15(17)26-11/h2-6,8-9,11,15,17H,7H2,1H3,(H,22,23,24). The minimum Gasteiger partial charge on any atom is -0.493 e. The lowest BCUT2D eigenvalue weighted by Crippen LogP contribution is -2.26. The zero-order valence-corrected chi connectivity index (χ0v) is 15.8. The number of anilines is 1. The molecule has 6 nitrogen and oxygen atoms in total. The topological polar surface area (TPSA) is 69.7 Å². The maximum Gasteiger partial charge on any atom is 0.255 e. The Balaban J connectivity index is 1.56. The monoisotopic (exact) mass is 406 g/mol. The fourth-order valence-corrected chi connectivity index (χ4v) is 3.60. The number of nitrogens with one attached hydrogen (secondary N) is 1. The lowest BCUT2D eigenvalue weighted by Gasteiger charge is -2.20. The minimum atomic E-state index is -0.374. The molecule has 3 unspecified atom stereocenters. The van der Waals surface area contributed by atoms with Crippen LogP contribution in [0.1, 0.15) is 16.8 Å². The van der Waals surface area contributed by atoms with Crippen LogP contribution in [0.5, 0.6) is 11.5 Å². The fraction of sp³-hybridized carbons (Fsp3) is 0.263. The molecule has 2 bridgehead atoms. The zero-order chi connectivity index (χ0) is 19.0. The highest BCUT2D eigenvalue weighted by Gasteiger charge is 2.38. The molecule has 8 heteroatoms. The first-order chi connectivity index (χ1) is 13.0. The van der Waals surface area contributed by atoms with Gasteiger partial charge in [-0.2, -0.15) is 0 Å². The largest absolute Gasteiger partial charge is 0.493 e. The highest BCUT2D eigenvalue weighted by Crippen LogP contribution is 2.36. The Morgan fingerprint density at radius 3 is 2.63 bits per heavy atom. The van der Waals surface area contributed by atoms with E-state index >= 15 is 0 Å². The van der Waals surface area contributed by atoms with Gasteiger partial charge in [-0.25, -0.2) is 0 Å². The molecule has 0 aliphatic carbocycles. The van der Waals surface area contributed by atoms with Crippen molar-refractivity contribution in [2.75, 3.05) is 12.4 Å². The SMILES string of the molecule is COc1ccc(C(=O)Nc2c(Cl)cncc2Cl)cc1OC1CC2C=CC1O2. The van der Waals surface area contributed by atoms with Gasteiger partial charge in [-0.1, -0.05) is 35.4 Å². The lowest BCUT2D eigenvalue weighted by atomic mass is 10.0. The molecule has 2 aliphatic heterocycles. The number of pyridine rings is 1. The Morgan fingerprint density at radius 1 is 1.22 bits per heavy atom. The number of rotatable bonds is 5. The van der Waals surface area contributed by atoms with Crippen LogP contribution < -0.4 is 14.8 Å². The first-order valence-electron chi connectivity index (χ1n) is 8.34. The lowest BCUT2D eigenvalue weighted by molar-refractivity contribution is 0.0788. The van der Waals surface area contributed by atoms with Gasteiger partial charge < -0.3 is 19.5 Å². The molecule has 1 amide bonds. The summed E-state index contributed by atoms with van der Waals surface area (Å²) in [7, 11) is 1.55. The third-order valence-electron chi connectivity index (χ3n) is 4.47. The molecular formula is C19H16Cl2N2O4. The highest BCUT2D eigenvalue weighted by atomic mass is 35.5. The molecule has 2 aliphatic rings. The molecule has 0 radical (unpaired) electrons. The van der Waals surface area contributed by atoms with Gasteiger partial charge >= 0.3 is 0 Å². The zero-order valence-electron chi connectivity index (χ0n) is 14.3. The van der Waals surface area contributed by atoms with E-state index in [2.05, 4.69) is 10.3 Å². The smallest absolute Gasteiger partial charge is 0.255 e. The van der Waals surface area contributed by atoms with E-state index < -0.39 is 0 Å². The molecule has 0 spiro atoms. The van der Waals surface area contributed by atoms with Crippen molar-refractivity contribution in [2.24, 2.45) is 0 Å². The second-order valence-corrected chi connectivity index (χ2v) is 7.03. The molecule has 2 aromatic rings. The molecule has 3 atom stereocenters. The van der Waals surface area contributed by atoms with Crippen LogP contribution in [0.3, 0.4) is 0 Å². The van der Waals surface area contributed by atoms with Crippen molar-refractivity contribution in [3.63, 3.8) is 0 Å². The Hall–Kier alpha value is -2.28. The predicted molar refractivity (Wildman–Crippen MR) is 102 cm³/mol. The van der Waals surface area contributed by atoms with E-state index in [0.29, 0.717) is 22.7 Å². The summed E-state index contributed by atoms with van der Waals surface area (Å²) in [5.41, 5.74) is 0.692. The van der Waals surface area contributed by atoms with Crippen LogP contribution in [0.2, 0.25) is 10.0 Å². The first kappa shape index (κ1) is 18.1. The van der Waals surface area contributed by atoms with E-state index in [1.807, 2.05) is 12.2 Å². The van der Waals surface area contributed by atoms with E-state index in [9.17, 15) is 4.79 Å². The maximum absolute atomic E-state index is 12.7. The van der Waals surface area contributed by atoms with Gasteiger partial charge in [0.2, 0.25) is 0 Å². The molecule has 1 saturated heterocycles. The van der Waals surface area contributed by atoms with Crippen molar-refractivity contribution in [1.29, 1.82) is 0 Å². The molecule has 0 saturated carbocycles. The number of carbonyl (C=O) groups excluding carboxylic acids is 1. The molecular weight excluding hydrogens is 391 g/mol. The molecule has 1 aromatic heterocycles. The average molecular weight is 407 g/mol. The summed E-state index contributed by atoms with van der Waals surface area (Å²) in [6.45, 7) is 0. The van der Waals surface area contributed by atoms with E-state index in [0.717, 1.165) is 6.42 Å². The first-order valence-corrected chi connectivity index (χ1v) is 9.09. The van der Waals surface area contributed by atoms with Crippen LogP contribution in [0.4, 0.5) is 5.69 Å². The van der Waals surface area contributed by atoms with Crippen molar-refractivity contribution in [2.45, 2.75) is 24.7 Å². The number of hydrogen-bond donors (Lipinski definition) is 1. The van der Waals surface area contributed by atoms with Crippen LogP contribution in [-0.4, -0.2) is 36.3 Å². The van der Waals surface area contributed by atoms with Crippen molar-refractivity contribution in [3.8, 4) is 11.5 Å². The van der Waals surface area contributed by atoms with Crippen molar-refractivity contribution in [3.05, 3.63) is 58.4 Å². The van der Waals surface area contributed by atoms with Gasteiger partial charge in [0, 0.05) is 24.4 Å². The number of halogens is 2. The second kappa shape index (κ2) is 7.38. The number of benzene rings is 1. The number of methoxy groups -OCH3 is 1. The molecule has 1 fully saturated rings. The number of amides is 1. The number of nitrogens with zero attached hydrogens (tertiary/aromatic N) is 1. The summed E-state index contributed by atoms with van der Waals surface area (Å²) >= 11 is 12.1. The van der Waals surface area contributed by atoms with Crippen LogP contribution in [0.15, 0.2) is 42.7 Å². The summed E-state index contributed by atoms with van der Waals surface area (Å²) in [6.07, 6.45) is 7.52. The number of hydrogen-bond acceptors (Lipinski definition) is 5. The van der Waals surface area contributed by atoms with Gasteiger partial charge in [-0.3, -0.25) is 9.78 Å². The molecule has 1 aromatic carbocycles. The van der Waals surface area contributed by atoms with Gasteiger partial charge in [-0.15, -0.1) is 0 Å². The number of ether oxygens (including phenoxy) is 3. The van der Waals surface area contributed by atoms with Gasteiger partial charge in [-0.05, 0) is 18.2 Å². The third kappa shape index (κ3) is 3.60. The molecule has 1 N–H and O–H groups in total. The third-order valence-corrected chi connectivity index (χ3v) is 5.05. The number of fused-ring (bicyclic) bond motifs is 2. The summed E-state index contributed by atoms with van der Waals surface area (Å²) in [5.74, 6) is 0.645. The summed E-state index contributed by atoms with van der Waals surface area (Å²) in [4.78, 5) is 16.5. The molecule has 4 rings (SSSR count). The Morgan fingerprint density at radius 2 is 2.00 bits per heavy atom. The highest BCUT2D eigenvalue weighted by molar-refractivity contribution is 6.39.